The van der Waals surface area contributed by atoms with Gasteiger partial charge in [0, 0.05) is 18.7 Å². The van der Waals surface area contributed by atoms with Gasteiger partial charge in [-0.1, -0.05) is 73.2 Å². The molecule has 1 fully saturated rings. The molecule has 46 heavy (non-hydrogen) atoms. The third kappa shape index (κ3) is 8.46. The fourth-order valence-electron chi connectivity index (χ4n) is 5.64. The number of hydrogen-bond acceptors (Lipinski definition) is 6. The van der Waals surface area contributed by atoms with Crippen LogP contribution in [0.25, 0.3) is 0 Å². The molecule has 1 aliphatic carbocycles. The van der Waals surface area contributed by atoms with Crippen LogP contribution in [0.15, 0.2) is 65.6 Å². The lowest BCUT2D eigenvalue weighted by Gasteiger charge is -2.34. The first-order valence-corrected chi connectivity index (χ1v) is 17.5. The van der Waals surface area contributed by atoms with Crippen molar-refractivity contribution in [2.24, 2.45) is 0 Å². The van der Waals surface area contributed by atoms with Crippen LogP contribution in [0.2, 0.25) is 10.0 Å². The van der Waals surface area contributed by atoms with Crippen LogP contribution in [0.5, 0.6) is 11.5 Å². The molecule has 4 rings (SSSR count). The Morgan fingerprint density at radius 2 is 1.63 bits per heavy atom. The molecule has 2 amide bonds. The van der Waals surface area contributed by atoms with Crippen LogP contribution in [0.4, 0.5) is 5.69 Å². The first-order valence-electron chi connectivity index (χ1n) is 15.3. The molecule has 248 valence electrons. The number of carbonyl (C=O) groups is 2. The minimum absolute atomic E-state index is 0.0000193. The summed E-state index contributed by atoms with van der Waals surface area (Å²) in [7, 11) is -1.42. The van der Waals surface area contributed by atoms with Gasteiger partial charge in [-0.3, -0.25) is 13.9 Å². The van der Waals surface area contributed by atoms with Gasteiger partial charge in [0.2, 0.25) is 11.8 Å². The maximum absolute atomic E-state index is 14.5. The van der Waals surface area contributed by atoms with E-state index in [2.05, 4.69) is 5.32 Å². The van der Waals surface area contributed by atoms with Gasteiger partial charge in [-0.15, -0.1) is 0 Å². The topological polar surface area (TPSA) is 105 Å². The normalized spacial score (nSPS) is 14.3. The summed E-state index contributed by atoms with van der Waals surface area (Å²) < 4.78 is 40.5. The fraction of sp³-hybridized carbons (Fsp3) is 0.412. The van der Waals surface area contributed by atoms with Crippen molar-refractivity contribution in [3.8, 4) is 11.5 Å². The van der Waals surface area contributed by atoms with E-state index < -0.39 is 28.5 Å². The SMILES string of the molecule is CC[C@H](C(=O)NC1CCCCC1)N(Cc1ccc(Cl)c(Cl)c1)C(=O)CN(c1cc(OC)ccc1OC)S(=O)(=O)c1ccc(C)cc1. The number of ether oxygens (including phenoxy) is 2. The summed E-state index contributed by atoms with van der Waals surface area (Å²) in [5, 5.41) is 3.80. The summed E-state index contributed by atoms with van der Waals surface area (Å²) >= 11 is 12.5. The van der Waals surface area contributed by atoms with Gasteiger partial charge in [0.05, 0.1) is 34.8 Å². The third-order valence-corrected chi connectivity index (χ3v) is 10.7. The zero-order chi connectivity index (χ0) is 33.4. The molecule has 1 saturated carbocycles. The average Bonchev–Trinajstić information content (AvgIpc) is 3.05. The molecule has 0 radical (unpaired) electrons. The number of rotatable bonds is 13. The number of methoxy groups -OCH3 is 2. The summed E-state index contributed by atoms with van der Waals surface area (Å²) in [6.07, 6.45) is 5.25. The molecule has 1 aliphatic rings. The Labute approximate surface area is 281 Å². The van der Waals surface area contributed by atoms with Crippen LogP contribution in [-0.2, 0) is 26.2 Å². The lowest BCUT2D eigenvalue weighted by atomic mass is 9.95. The Kier molecular flexibility index (Phi) is 12.2. The van der Waals surface area contributed by atoms with E-state index in [9.17, 15) is 18.0 Å². The third-order valence-electron chi connectivity index (χ3n) is 8.22. The van der Waals surface area contributed by atoms with E-state index >= 15 is 0 Å². The number of amides is 2. The Morgan fingerprint density at radius 1 is 0.935 bits per heavy atom. The molecule has 0 unspecified atom stereocenters. The van der Waals surface area contributed by atoms with Crippen molar-refractivity contribution in [1.82, 2.24) is 10.2 Å². The predicted molar refractivity (Wildman–Crippen MR) is 181 cm³/mol. The summed E-state index contributed by atoms with van der Waals surface area (Å²) in [6, 6.07) is 15.2. The minimum Gasteiger partial charge on any atom is -0.497 e. The molecule has 9 nitrogen and oxygen atoms in total. The number of nitrogens with one attached hydrogen (secondary N) is 1. The Bertz CT molecular complexity index is 1630. The van der Waals surface area contributed by atoms with E-state index in [1.54, 1.807) is 42.5 Å². The van der Waals surface area contributed by atoms with E-state index in [0.717, 1.165) is 42.0 Å². The standard InChI is InChI=1S/C34H41Cl2N3O6S/c1-5-30(34(41)37-25-9-7-6-8-10-25)38(21-24-13-17-28(35)29(36)19-24)33(40)22-39(31-20-26(44-3)14-18-32(31)45-4)46(42,43)27-15-11-23(2)12-16-27/h11-20,25,30H,5-10,21-22H2,1-4H3,(H,37,41)/t30-/m1/s1. The Morgan fingerprint density at radius 3 is 2.24 bits per heavy atom. The van der Waals surface area contributed by atoms with Crippen LogP contribution >= 0.6 is 23.2 Å². The maximum atomic E-state index is 14.5. The van der Waals surface area contributed by atoms with Gasteiger partial charge in [0.15, 0.2) is 0 Å². The van der Waals surface area contributed by atoms with Gasteiger partial charge < -0.3 is 19.7 Å². The number of halogens is 2. The van der Waals surface area contributed by atoms with Crippen molar-refractivity contribution in [2.45, 2.75) is 75.9 Å². The van der Waals surface area contributed by atoms with Crippen molar-refractivity contribution in [2.75, 3.05) is 25.1 Å². The van der Waals surface area contributed by atoms with E-state index in [1.807, 2.05) is 13.8 Å². The molecule has 1 N–H and O–H groups in total. The van der Waals surface area contributed by atoms with Crippen LogP contribution in [0.1, 0.15) is 56.6 Å². The van der Waals surface area contributed by atoms with Gasteiger partial charge in [-0.25, -0.2) is 8.42 Å². The molecule has 3 aromatic rings. The first-order chi connectivity index (χ1) is 22.0. The average molecular weight is 691 g/mol. The highest BCUT2D eigenvalue weighted by Crippen LogP contribution is 2.36. The highest BCUT2D eigenvalue weighted by atomic mass is 35.5. The quantitative estimate of drug-likeness (QED) is 0.212. The van der Waals surface area contributed by atoms with Crippen LogP contribution in [0, 0.1) is 6.92 Å². The van der Waals surface area contributed by atoms with Crippen LogP contribution in [0.3, 0.4) is 0 Å². The lowest BCUT2D eigenvalue weighted by Crippen LogP contribution is -2.54. The highest BCUT2D eigenvalue weighted by Gasteiger charge is 2.35. The molecule has 3 aromatic carbocycles. The molecule has 0 bridgehead atoms. The van der Waals surface area contributed by atoms with Gasteiger partial charge in [0.25, 0.3) is 10.0 Å². The summed E-state index contributed by atoms with van der Waals surface area (Å²) in [4.78, 5) is 29.7. The smallest absolute Gasteiger partial charge is 0.264 e. The first kappa shape index (κ1) is 35.4. The molecule has 0 saturated heterocycles. The number of benzene rings is 3. The summed E-state index contributed by atoms with van der Waals surface area (Å²) in [5.74, 6) is -0.271. The van der Waals surface area contributed by atoms with Gasteiger partial charge in [0.1, 0.15) is 24.1 Å². The largest absolute Gasteiger partial charge is 0.497 e. The molecule has 1 atom stereocenters. The minimum atomic E-state index is -4.31. The van der Waals surface area contributed by atoms with Crippen molar-refractivity contribution >= 4 is 50.7 Å². The predicted octanol–water partition coefficient (Wildman–Crippen LogP) is 6.77. The number of aryl methyl sites for hydroxylation is 1. The van der Waals surface area contributed by atoms with Crippen molar-refractivity contribution in [3.63, 3.8) is 0 Å². The van der Waals surface area contributed by atoms with Crippen molar-refractivity contribution < 1.29 is 27.5 Å². The second-order valence-electron chi connectivity index (χ2n) is 11.4. The summed E-state index contributed by atoms with van der Waals surface area (Å²) in [6.45, 7) is 3.06. The van der Waals surface area contributed by atoms with Crippen LogP contribution in [-0.4, -0.2) is 58.0 Å². The number of carbonyl (C=O) groups excluding carboxylic acids is 2. The second kappa shape index (κ2) is 15.9. The molecule has 12 heteroatoms. The zero-order valence-electron chi connectivity index (χ0n) is 26.6. The second-order valence-corrected chi connectivity index (χ2v) is 14.1. The number of sulfonamides is 1. The number of anilines is 1. The molecular weight excluding hydrogens is 649 g/mol. The van der Waals surface area contributed by atoms with Crippen molar-refractivity contribution in [1.29, 1.82) is 0 Å². The van der Waals surface area contributed by atoms with Crippen LogP contribution < -0.4 is 19.1 Å². The molecule has 0 spiro atoms. The molecule has 0 aromatic heterocycles. The fourth-order valence-corrected chi connectivity index (χ4v) is 7.38. The highest BCUT2D eigenvalue weighted by molar-refractivity contribution is 7.92. The van der Waals surface area contributed by atoms with E-state index in [4.69, 9.17) is 32.7 Å². The maximum Gasteiger partial charge on any atom is 0.264 e. The van der Waals surface area contributed by atoms with Crippen molar-refractivity contribution in [3.05, 3.63) is 81.8 Å². The molecule has 0 heterocycles. The van der Waals surface area contributed by atoms with Gasteiger partial charge in [-0.05, 0) is 68.1 Å². The Hall–Kier alpha value is -3.47. The zero-order valence-corrected chi connectivity index (χ0v) is 28.9. The lowest BCUT2D eigenvalue weighted by molar-refractivity contribution is -0.140. The van der Waals surface area contributed by atoms with Gasteiger partial charge >= 0.3 is 0 Å². The van der Waals surface area contributed by atoms with Gasteiger partial charge in [-0.2, -0.15) is 0 Å². The summed E-state index contributed by atoms with van der Waals surface area (Å²) in [5.41, 5.74) is 1.63. The van der Waals surface area contributed by atoms with E-state index in [-0.39, 0.29) is 34.8 Å². The Balaban J connectivity index is 1.79. The van der Waals surface area contributed by atoms with E-state index in [1.165, 1.54) is 37.3 Å². The van der Waals surface area contributed by atoms with E-state index in [0.29, 0.717) is 27.8 Å². The number of nitrogens with zero attached hydrogens (tertiary/aromatic N) is 2. The molecular formula is C34H41Cl2N3O6S. The number of hydrogen-bond donors (Lipinski definition) is 1. The monoisotopic (exact) mass is 689 g/mol. The molecule has 0 aliphatic heterocycles.